The summed E-state index contributed by atoms with van der Waals surface area (Å²) < 4.78 is 16.9. The Morgan fingerprint density at radius 3 is 2.84 bits per heavy atom. The van der Waals surface area contributed by atoms with Crippen molar-refractivity contribution >= 4 is 0 Å². The van der Waals surface area contributed by atoms with Gasteiger partial charge in [0.05, 0.1) is 19.3 Å². The molecule has 0 radical (unpaired) electrons. The highest BCUT2D eigenvalue weighted by Gasteiger charge is 2.51. The molecule has 1 aromatic rings. The van der Waals surface area contributed by atoms with Gasteiger partial charge in [-0.05, 0) is 25.1 Å². The van der Waals surface area contributed by atoms with Crippen LogP contribution in [0, 0.1) is 0 Å². The molecule has 0 aromatic heterocycles. The largest absolute Gasteiger partial charge is 0.497 e. The van der Waals surface area contributed by atoms with Crippen LogP contribution in [0.1, 0.15) is 37.9 Å². The van der Waals surface area contributed by atoms with Gasteiger partial charge in [-0.3, -0.25) is 0 Å². The topological polar surface area (TPSA) is 47.9 Å². The van der Waals surface area contributed by atoms with Crippen molar-refractivity contribution in [2.24, 2.45) is 0 Å². The molecule has 19 heavy (non-hydrogen) atoms. The Morgan fingerprint density at radius 1 is 1.37 bits per heavy atom. The van der Waals surface area contributed by atoms with E-state index in [2.05, 4.69) is 0 Å². The number of fused-ring (bicyclic) bond motifs is 1. The first-order chi connectivity index (χ1) is 9.15. The average Bonchev–Trinajstić information content (AvgIpc) is 2.37. The summed E-state index contributed by atoms with van der Waals surface area (Å²) in [7, 11) is 1.62. The zero-order valence-corrected chi connectivity index (χ0v) is 11.4. The smallest absolute Gasteiger partial charge is 0.126 e. The molecule has 2 aliphatic rings. The van der Waals surface area contributed by atoms with Gasteiger partial charge in [-0.15, -0.1) is 0 Å². The predicted molar refractivity (Wildman–Crippen MR) is 70.6 cm³/mol. The van der Waals surface area contributed by atoms with Crippen LogP contribution < -0.4 is 9.47 Å². The summed E-state index contributed by atoms with van der Waals surface area (Å²) in [5.41, 5.74) is 0.589. The molecule has 4 nitrogen and oxygen atoms in total. The van der Waals surface area contributed by atoms with Crippen molar-refractivity contribution in [2.45, 2.75) is 44.0 Å². The third-order valence-electron chi connectivity index (χ3n) is 4.07. The lowest BCUT2D eigenvalue weighted by atomic mass is 9.71. The first-order valence-corrected chi connectivity index (χ1v) is 6.82. The van der Waals surface area contributed by atoms with Crippen molar-refractivity contribution in [3.63, 3.8) is 0 Å². The molecule has 1 aliphatic carbocycles. The second-order valence-electron chi connectivity index (χ2n) is 5.39. The minimum Gasteiger partial charge on any atom is -0.497 e. The summed E-state index contributed by atoms with van der Waals surface area (Å²) >= 11 is 0. The van der Waals surface area contributed by atoms with Crippen LogP contribution in [0.15, 0.2) is 18.2 Å². The van der Waals surface area contributed by atoms with E-state index in [-0.39, 0.29) is 11.7 Å². The first-order valence-electron chi connectivity index (χ1n) is 6.82. The van der Waals surface area contributed by atoms with Gasteiger partial charge in [0, 0.05) is 31.4 Å². The van der Waals surface area contributed by atoms with Crippen LogP contribution in [0.5, 0.6) is 11.5 Å². The van der Waals surface area contributed by atoms with Crippen molar-refractivity contribution in [1.29, 1.82) is 0 Å². The van der Waals surface area contributed by atoms with Gasteiger partial charge in [0.15, 0.2) is 0 Å². The van der Waals surface area contributed by atoms with Gasteiger partial charge in [0.2, 0.25) is 0 Å². The molecule has 104 valence electrons. The molecule has 1 spiro atoms. The lowest BCUT2D eigenvalue weighted by Crippen LogP contribution is -2.55. The Hall–Kier alpha value is -1.26. The Morgan fingerprint density at radius 2 is 2.16 bits per heavy atom. The number of hydrogen-bond donors (Lipinski definition) is 1. The summed E-state index contributed by atoms with van der Waals surface area (Å²) in [6.45, 7) is 2.74. The number of aliphatic hydroxyl groups excluding tert-OH is 1. The van der Waals surface area contributed by atoms with Crippen LogP contribution in [-0.2, 0) is 4.74 Å². The number of benzene rings is 1. The van der Waals surface area contributed by atoms with E-state index >= 15 is 0 Å². The summed E-state index contributed by atoms with van der Waals surface area (Å²) in [6.07, 6.45) is 2.15. The SMILES string of the molecule is CCOC1CC2(C1)CC(O)c1cc(OC)ccc1O2. The normalized spacial score (nSPS) is 32.4. The highest BCUT2D eigenvalue weighted by Crippen LogP contribution is 2.50. The number of aliphatic hydroxyl groups is 1. The van der Waals surface area contributed by atoms with Crippen molar-refractivity contribution in [1.82, 2.24) is 0 Å². The van der Waals surface area contributed by atoms with Gasteiger partial charge in [-0.2, -0.15) is 0 Å². The zero-order chi connectivity index (χ0) is 13.5. The van der Waals surface area contributed by atoms with E-state index in [0.29, 0.717) is 6.42 Å². The number of rotatable bonds is 3. The van der Waals surface area contributed by atoms with E-state index < -0.39 is 6.10 Å². The summed E-state index contributed by atoms with van der Waals surface area (Å²) in [6, 6.07) is 5.60. The Balaban J connectivity index is 1.78. The fourth-order valence-electron chi connectivity index (χ4n) is 3.12. The van der Waals surface area contributed by atoms with Crippen LogP contribution in [-0.4, -0.2) is 30.5 Å². The average molecular weight is 264 g/mol. The molecule has 0 amide bonds. The zero-order valence-electron chi connectivity index (χ0n) is 11.4. The van der Waals surface area contributed by atoms with Crippen molar-refractivity contribution in [3.8, 4) is 11.5 Å². The molecule has 0 bridgehead atoms. The second kappa shape index (κ2) is 4.69. The van der Waals surface area contributed by atoms with E-state index in [1.54, 1.807) is 7.11 Å². The first kappa shape index (κ1) is 12.8. The van der Waals surface area contributed by atoms with Crippen LogP contribution in [0.3, 0.4) is 0 Å². The molecular weight excluding hydrogens is 244 g/mol. The van der Waals surface area contributed by atoms with Gasteiger partial charge < -0.3 is 19.3 Å². The van der Waals surface area contributed by atoms with Crippen LogP contribution in [0.4, 0.5) is 0 Å². The highest BCUT2D eigenvalue weighted by molar-refractivity contribution is 5.44. The van der Waals surface area contributed by atoms with E-state index in [9.17, 15) is 5.11 Å². The van der Waals surface area contributed by atoms with E-state index in [1.165, 1.54) is 0 Å². The Labute approximate surface area is 113 Å². The molecule has 1 aliphatic heterocycles. The van der Waals surface area contributed by atoms with Crippen LogP contribution >= 0.6 is 0 Å². The van der Waals surface area contributed by atoms with Gasteiger partial charge in [0.25, 0.3) is 0 Å². The molecule has 1 unspecified atom stereocenters. The third kappa shape index (κ3) is 2.19. The van der Waals surface area contributed by atoms with E-state index in [0.717, 1.165) is 36.5 Å². The minimum absolute atomic E-state index is 0.235. The minimum atomic E-state index is -0.485. The molecule has 1 atom stereocenters. The van der Waals surface area contributed by atoms with Gasteiger partial charge >= 0.3 is 0 Å². The lowest BCUT2D eigenvalue weighted by molar-refractivity contribution is -0.147. The molecule has 4 heteroatoms. The van der Waals surface area contributed by atoms with E-state index in [4.69, 9.17) is 14.2 Å². The molecule has 1 aromatic carbocycles. The van der Waals surface area contributed by atoms with Gasteiger partial charge in [-0.1, -0.05) is 0 Å². The highest BCUT2D eigenvalue weighted by atomic mass is 16.5. The molecule has 1 fully saturated rings. The maximum Gasteiger partial charge on any atom is 0.126 e. The molecule has 1 N–H and O–H groups in total. The Kier molecular flexibility index (Phi) is 3.15. The van der Waals surface area contributed by atoms with Crippen molar-refractivity contribution in [2.75, 3.05) is 13.7 Å². The van der Waals surface area contributed by atoms with E-state index in [1.807, 2.05) is 25.1 Å². The number of hydrogen-bond acceptors (Lipinski definition) is 4. The predicted octanol–water partition coefficient (Wildman–Crippen LogP) is 2.45. The standard InChI is InChI=1S/C15H20O4/c1-3-18-11-7-15(8-11)9-13(16)12-6-10(17-2)4-5-14(12)19-15/h4-6,11,13,16H,3,7-9H2,1-2H3. The van der Waals surface area contributed by atoms with Crippen LogP contribution in [0.25, 0.3) is 0 Å². The Bertz CT molecular complexity index is 465. The molecule has 3 rings (SSSR count). The monoisotopic (exact) mass is 264 g/mol. The van der Waals surface area contributed by atoms with Crippen molar-refractivity contribution in [3.05, 3.63) is 23.8 Å². The van der Waals surface area contributed by atoms with Crippen molar-refractivity contribution < 1.29 is 19.3 Å². The summed E-state index contributed by atoms with van der Waals surface area (Å²) in [4.78, 5) is 0. The second-order valence-corrected chi connectivity index (χ2v) is 5.39. The molecule has 1 saturated carbocycles. The fourth-order valence-corrected chi connectivity index (χ4v) is 3.12. The maximum absolute atomic E-state index is 10.3. The third-order valence-corrected chi connectivity index (χ3v) is 4.07. The number of methoxy groups -OCH3 is 1. The number of ether oxygens (including phenoxy) is 3. The maximum atomic E-state index is 10.3. The summed E-state index contributed by atoms with van der Waals surface area (Å²) in [5, 5.41) is 10.3. The quantitative estimate of drug-likeness (QED) is 0.911. The molecule has 1 heterocycles. The molecule has 0 saturated heterocycles. The fraction of sp³-hybridized carbons (Fsp3) is 0.600. The lowest BCUT2D eigenvalue weighted by Gasteiger charge is -2.50. The van der Waals surface area contributed by atoms with Crippen LogP contribution in [0.2, 0.25) is 0 Å². The summed E-state index contributed by atoms with van der Waals surface area (Å²) in [5.74, 6) is 1.52. The van der Waals surface area contributed by atoms with Gasteiger partial charge in [0.1, 0.15) is 17.1 Å². The van der Waals surface area contributed by atoms with Gasteiger partial charge in [-0.25, -0.2) is 0 Å². The molecular formula is C15H20O4.